The lowest BCUT2D eigenvalue weighted by atomic mass is 10.0. The molecule has 0 radical (unpaired) electrons. The molecule has 0 aliphatic rings. The van der Waals surface area contributed by atoms with Crippen LogP contribution in [0.15, 0.2) is 36.5 Å². The average molecular weight is 885 g/mol. The van der Waals surface area contributed by atoms with Crippen molar-refractivity contribution in [1.29, 1.82) is 0 Å². The van der Waals surface area contributed by atoms with E-state index in [1.807, 2.05) is 6.08 Å². The zero-order chi connectivity index (χ0) is 45.6. The fourth-order valence-corrected chi connectivity index (χ4v) is 8.98. The molecule has 372 valence electrons. The summed E-state index contributed by atoms with van der Waals surface area (Å²) in [4.78, 5) is 12.4. The van der Waals surface area contributed by atoms with Crippen LogP contribution in [-0.2, 0) is 4.79 Å². The molecule has 0 saturated heterocycles. The summed E-state index contributed by atoms with van der Waals surface area (Å²) in [6.07, 6.45) is 74.7. The first-order valence-corrected chi connectivity index (χ1v) is 28.7. The maximum atomic E-state index is 12.4. The highest BCUT2D eigenvalue weighted by Gasteiger charge is 2.18. The van der Waals surface area contributed by atoms with Gasteiger partial charge in [0, 0.05) is 6.42 Å². The highest BCUT2D eigenvalue weighted by molar-refractivity contribution is 5.76. The molecular weight excluding hydrogens is 771 g/mol. The predicted octanol–water partition coefficient (Wildman–Crippen LogP) is 18.9. The van der Waals surface area contributed by atoms with E-state index in [-0.39, 0.29) is 12.5 Å². The highest BCUT2D eigenvalue weighted by atomic mass is 16.3. The van der Waals surface area contributed by atoms with Crippen molar-refractivity contribution in [3.8, 4) is 0 Å². The first-order chi connectivity index (χ1) is 31.2. The SMILES string of the molecule is CCCCCCCCCCCC/C=C/C(O)C(CO)NC(=O)CCCCCCCCCCCCCCCCCCC/C=C\C/C=C\CCCCCCCCCCCCCCCCC. The minimum Gasteiger partial charge on any atom is -0.394 e. The topological polar surface area (TPSA) is 69.6 Å². The monoisotopic (exact) mass is 884 g/mol. The molecule has 0 fully saturated rings. The van der Waals surface area contributed by atoms with Gasteiger partial charge in [0.2, 0.25) is 5.91 Å². The van der Waals surface area contributed by atoms with Crippen molar-refractivity contribution in [2.75, 3.05) is 6.61 Å². The Morgan fingerprint density at radius 2 is 0.651 bits per heavy atom. The van der Waals surface area contributed by atoms with Crippen LogP contribution < -0.4 is 5.32 Å². The van der Waals surface area contributed by atoms with Gasteiger partial charge in [0.25, 0.3) is 0 Å². The second kappa shape index (κ2) is 54.9. The number of allylic oxidation sites excluding steroid dienone is 5. The Labute approximate surface area is 395 Å². The molecule has 4 nitrogen and oxygen atoms in total. The zero-order valence-corrected chi connectivity index (χ0v) is 42.9. The van der Waals surface area contributed by atoms with Crippen molar-refractivity contribution in [1.82, 2.24) is 5.32 Å². The number of rotatable bonds is 53. The Balaban J connectivity index is 3.40. The van der Waals surface area contributed by atoms with Gasteiger partial charge in [0.15, 0.2) is 0 Å². The lowest BCUT2D eigenvalue weighted by molar-refractivity contribution is -0.123. The molecule has 3 N–H and O–H groups in total. The molecule has 4 heteroatoms. The van der Waals surface area contributed by atoms with Gasteiger partial charge in [-0.3, -0.25) is 4.79 Å². The molecule has 63 heavy (non-hydrogen) atoms. The number of unbranched alkanes of at least 4 members (excludes halogenated alkanes) is 42. The molecule has 0 heterocycles. The molecule has 0 spiro atoms. The first-order valence-electron chi connectivity index (χ1n) is 28.7. The number of carbonyl (C=O) groups excluding carboxylic acids is 1. The van der Waals surface area contributed by atoms with E-state index in [9.17, 15) is 15.0 Å². The molecule has 0 saturated carbocycles. The largest absolute Gasteiger partial charge is 0.394 e. The third-order valence-corrected chi connectivity index (χ3v) is 13.4. The predicted molar refractivity (Wildman–Crippen MR) is 281 cm³/mol. The molecule has 0 bridgehead atoms. The summed E-state index contributed by atoms with van der Waals surface area (Å²) in [6, 6.07) is -0.620. The van der Waals surface area contributed by atoms with Gasteiger partial charge in [-0.2, -0.15) is 0 Å². The van der Waals surface area contributed by atoms with Crippen molar-refractivity contribution in [3.05, 3.63) is 36.5 Å². The van der Waals surface area contributed by atoms with Crippen molar-refractivity contribution < 1.29 is 15.0 Å². The van der Waals surface area contributed by atoms with Gasteiger partial charge >= 0.3 is 0 Å². The number of amides is 1. The van der Waals surface area contributed by atoms with Gasteiger partial charge in [0.1, 0.15) is 0 Å². The van der Waals surface area contributed by atoms with E-state index in [4.69, 9.17) is 0 Å². The van der Waals surface area contributed by atoms with Gasteiger partial charge in [-0.1, -0.05) is 294 Å². The molecule has 0 rings (SSSR count). The molecule has 0 aliphatic carbocycles. The summed E-state index contributed by atoms with van der Waals surface area (Å²) in [5, 5.41) is 23.0. The van der Waals surface area contributed by atoms with Crippen molar-refractivity contribution >= 4 is 5.91 Å². The molecule has 0 aromatic carbocycles. The quantitative estimate of drug-likeness (QED) is 0.0421. The van der Waals surface area contributed by atoms with Crippen LogP contribution in [0.4, 0.5) is 0 Å². The second-order valence-electron chi connectivity index (χ2n) is 19.7. The average Bonchev–Trinajstić information content (AvgIpc) is 3.29. The van der Waals surface area contributed by atoms with E-state index in [0.717, 1.165) is 32.1 Å². The lowest BCUT2D eigenvalue weighted by Gasteiger charge is -2.20. The molecular formula is C59H113NO3. The van der Waals surface area contributed by atoms with E-state index in [1.54, 1.807) is 6.08 Å². The molecule has 2 unspecified atom stereocenters. The van der Waals surface area contributed by atoms with Crippen LogP contribution in [0, 0.1) is 0 Å². The number of hydrogen-bond acceptors (Lipinski definition) is 3. The molecule has 1 amide bonds. The zero-order valence-electron chi connectivity index (χ0n) is 42.9. The molecule has 0 aliphatic heterocycles. The minimum absolute atomic E-state index is 0.0615. The summed E-state index contributed by atoms with van der Waals surface area (Å²) >= 11 is 0. The molecule has 2 atom stereocenters. The summed E-state index contributed by atoms with van der Waals surface area (Å²) in [7, 11) is 0. The van der Waals surface area contributed by atoms with Crippen LogP contribution in [-0.4, -0.2) is 34.9 Å². The second-order valence-corrected chi connectivity index (χ2v) is 19.7. The number of carbonyl (C=O) groups is 1. The summed E-state index contributed by atoms with van der Waals surface area (Å²) in [5.41, 5.74) is 0. The van der Waals surface area contributed by atoms with Crippen LogP contribution in [0.2, 0.25) is 0 Å². The van der Waals surface area contributed by atoms with E-state index in [2.05, 4.69) is 43.5 Å². The van der Waals surface area contributed by atoms with Gasteiger partial charge in [-0.25, -0.2) is 0 Å². The van der Waals surface area contributed by atoms with Gasteiger partial charge in [-0.05, 0) is 51.4 Å². The minimum atomic E-state index is -0.837. The smallest absolute Gasteiger partial charge is 0.220 e. The standard InChI is InChI=1S/C59H113NO3/c1-3-5-7-9-11-13-15-17-18-19-20-21-22-23-24-25-26-27-28-29-30-31-32-33-34-35-36-37-38-39-40-41-42-43-45-47-49-51-53-55-59(63)60-57(56-61)58(62)54-52-50-48-46-44-16-14-12-10-8-6-4-2/h26-27,29-30,52,54,57-58,61-62H,3-25,28,31-51,53,55-56H2,1-2H3,(H,60,63)/b27-26-,30-29-,54-52+. The Morgan fingerprint density at radius 3 is 0.952 bits per heavy atom. The van der Waals surface area contributed by atoms with Crippen LogP contribution in [0.1, 0.15) is 316 Å². The first kappa shape index (κ1) is 61.6. The van der Waals surface area contributed by atoms with Crippen LogP contribution >= 0.6 is 0 Å². The van der Waals surface area contributed by atoms with Gasteiger partial charge in [-0.15, -0.1) is 0 Å². The summed E-state index contributed by atoms with van der Waals surface area (Å²) < 4.78 is 0. The summed E-state index contributed by atoms with van der Waals surface area (Å²) in [6.45, 7) is 4.32. The van der Waals surface area contributed by atoms with Crippen molar-refractivity contribution in [3.63, 3.8) is 0 Å². The van der Waals surface area contributed by atoms with E-state index >= 15 is 0 Å². The summed E-state index contributed by atoms with van der Waals surface area (Å²) in [5.74, 6) is -0.0615. The van der Waals surface area contributed by atoms with E-state index in [1.165, 1.54) is 263 Å². The maximum absolute atomic E-state index is 12.4. The van der Waals surface area contributed by atoms with Crippen molar-refractivity contribution in [2.45, 2.75) is 328 Å². The van der Waals surface area contributed by atoms with Gasteiger partial charge < -0.3 is 15.5 Å². The Morgan fingerprint density at radius 1 is 0.381 bits per heavy atom. The Hall–Kier alpha value is -1.39. The van der Waals surface area contributed by atoms with Crippen molar-refractivity contribution in [2.24, 2.45) is 0 Å². The Kier molecular flexibility index (Phi) is 53.7. The highest BCUT2D eigenvalue weighted by Crippen LogP contribution is 2.17. The third-order valence-electron chi connectivity index (χ3n) is 13.4. The molecule has 0 aromatic heterocycles. The third kappa shape index (κ3) is 51.5. The normalized spacial score (nSPS) is 13.0. The fourth-order valence-electron chi connectivity index (χ4n) is 8.98. The number of nitrogens with one attached hydrogen (secondary N) is 1. The lowest BCUT2D eigenvalue weighted by Crippen LogP contribution is -2.45. The number of aliphatic hydroxyl groups excluding tert-OH is 2. The van der Waals surface area contributed by atoms with E-state index < -0.39 is 12.1 Å². The van der Waals surface area contributed by atoms with Gasteiger partial charge in [0.05, 0.1) is 18.8 Å². The van der Waals surface area contributed by atoms with E-state index in [0.29, 0.717) is 6.42 Å². The van der Waals surface area contributed by atoms with Crippen LogP contribution in [0.3, 0.4) is 0 Å². The molecule has 0 aromatic rings. The van der Waals surface area contributed by atoms with Crippen LogP contribution in [0.25, 0.3) is 0 Å². The maximum Gasteiger partial charge on any atom is 0.220 e. The Bertz CT molecular complexity index is 958. The number of aliphatic hydroxyl groups is 2. The van der Waals surface area contributed by atoms with Crippen LogP contribution in [0.5, 0.6) is 0 Å². The number of hydrogen-bond donors (Lipinski definition) is 3. The fraction of sp³-hybridized carbons (Fsp3) is 0.881.